The van der Waals surface area contributed by atoms with E-state index in [4.69, 9.17) is 9.47 Å². The van der Waals surface area contributed by atoms with Crippen LogP contribution >= 0.6 is 0 Å². The Morgan fingerprint density at radius 1 is 0.852 bits per heavy atom. The Bertz CT molecular complexity index is 857. The van der Waals surface area contributed by atoms with Crippen molar-refractivity contribution in [3.05, 3.63) is 71.3 Å². The van der Waals surface area contributed by atoms with E-state index in [9.17, 15) is 19.2 Å². The Balaban J connectivity index is 1.51. The fourth-order valence-corrected chi connectivity index (χ4v) is 2.72. The van der Waals surface area contributed by atoms with Gasteiger partial charge in [-0.05, 0) is 31.2 Å². The summed E-state index contributed by atoms with van der Waals surface area (Å²) in [4.78, 5) is 49.6. The van der Waals surface area contributed by atoms with Crippen molar-refractivity contribution < 1.29 is 28.7 Å². The molecule has 1 heterocycles. The van der Waals surface area contributed by atoms with E-state index in [0.717, 1.165) is 4.90 Å². The molecule has 3 rings (SSSR count). The first-order valence-electron chi connectivity index (χ1n) is 8.36. The van der Waals surface area contributed by atoms with Crippen molar-refractivity contribution in [2.45, 2.75) is 13.0 Å². The predicted octanol–water partition coefficient (Wildman–Crippen LogP) is 2.07. The molecule has 1 unspecified atom stereocenters. The topological polar surface area (TPSA) is 90.0 Å². The highest BCUT2D eigenvalue weighted by atomic mass is 16.6. The van der Waals surface area contributed by atoms with E-state index < -0.39 is 29.8 Å². The molecule has 0 spiro atoms. The maximum atomic E-state index is 12.4. The van der Waals surface area contributed by atoms with E-state index in [0.29, 0.717) is 5.56 Å². The van der Waals surface area contributed by atoms with Crippen LogP contribution in [0.25, 0.3) is 0 Å². The van der Waals surface area contributed by atoms with E-state index in [1.807, 2.05) is 0 Å². The standard InChI is InChI=1S/C20H17NO6/c1-13(21-17(22)15-9-5-6-10-16(15)18(21)23)19(24)26-11-12-27-20(25)14-7-3-2-4-8-14/h2-10,13H,11-12H2,1H3. The average molecular weight is 367 g/mol. The minimum absolute atomic E-state index is 0.131. The second-order valence-electron chi connectivity index (χ2n) is 5.87. The third-order valence-electron chi connectivity index (χ3n) is 4.12. The molecule has 0 aliphatic carbocycles. The lowest BCUT2D eigenvalue weighted by molar-refractivity contribution is -0.148. The smallest absolute Gasteiger partial charge is 0.338 e. The third kappa shape index (κ3) is 3.72. The zero-order valence-electron chi connectivity index (χ0n) is 14.6. The Morgan fingerprint density at radius 2 is 1.37 bits per heavy atom. The Labute approximate surface area is 155 Å². The summed E-state index contributed by atoms with van der Waals surface area (Å²) in [6.45, 7) is 1.11. The number of benzene rings is 2. The number of hydrogen-bond donors (Lipinski definition) is 0. The van der Waals surface area contributed by atoms with Crippen LogP contribution in [0.5, 0.6) is 0 Å². The van der Waals surface area contributed by atoms with Crippen molar-refractivity contribution in [2.24, 2.45) is 0 Å². The van der Waals surface area contributed by atoms with Crippen LogP contribution < -0.4 is 0 Å². The summed E-state index contributed by atoms with van der Waals surface area (Å²) < 4.78 is 10.0. The lowest BCUT2D eigenvalue weighted by Gasteiger charge is -2.20. The van der Waals surface area contributed by atoms with Gasteiger partial charge in [-0.25, -0.2) is 9.59 Å². The van der Waals surface area contributed by atoms with Crippen LogP contribution in [0, 0.1) is 0 Å². The summed E-state index contributed by atoms with van der Waals surface area (Å²) in [5, 5.41) is 0. The Morgan fingerprint density at radius 3 is 1.96 bits per heavy atom. The first kappa shape index (κ1) is 18.3. The molecule has 7 heteroatoms. The first-order chi connectivity index (χ1) is 13.0. The Kier molecular flexibility index (Phi) is 5.30. The minimum atomic E-state index is -1.08. The number of carbonyl (C=O) groups excluding carboxylic acids is 4. The van der Waals surface area contributed by atoms with Crippen LogP contribution in [0.1, 0.15) is 38.0 Å². The highest BCUT2D eigenvalue weighted by Crippen LogP contribution is 2.24. The SMILES string of the molecule is CC(C(=O)OCCOC(=O)c1ccccc1)N1C(=O)c2ccccc2C1=O. The molecule has 138 valence electrons. The van der Waals surface area contributed by atoms with E-state index >= 15 is 0 Å². The van der Waals surface area contributed by atoms with Crippen LogP contribution in [-0.2, 0) is 14.3 Å². The maximum Gasteiger partial charge on any atom is 0.338 e. The second kappa shape index (κ2) is 7.82. The van der Waals surface area contributed by atoms with Gasteiger partial charge < -0.3 is 9.47 Å². The maximum absolute atomic E-state index is 12.4. The van der Waals surface area contributed by atoms with Gasteiger partial charge in [0.05, 0.1) is 16.7 Å². The monoisotopic (exact) mass is 367 g/mol. The molecule has 0 radical (unpaired) electrons. The number of amides is 2. The molecule has 7 nitrogen and oxygen atoms in total. The van der Waals surface area contributed by atoms with E-state index in [1.54, 1.807) is 42.5 Å². The van der Waals surface area contributed by atoms with Gasteiger partial charge in [-0.2, -0.15) is 0 Å². The van der Waals surface area contributed by atoms with Gasteiger partial charge in [0.1, 0.15) is 19.3 Å². The fourth-order valence-electron chi connectivity index (χ4n) is 2.72. The van der Waals surface area contributed by atoms with Crippen molar-refractivity contribution in [2.75, 3.05) is 13.2 Å². The van der Waals surface area contributed by atoms with Crippen molar-refractivity contribution in [1.29, 1.82) is 0 Å². The zero-order chi connectivity index (χ0) is 19.4. The average Bonchev–Trinajstić information content (AvgIpc) is 2.95. The number of rotatable bonds is 6. The minimum Gasteiger partial charge on any atom is -0.461 e. The van der Waals surface area contributed by atoms with Crippen LogP contribution in [-0.4, -0.2) is 47.9 Å². The van der Waals surface area contributed by atoms with Crippen LogP contribution in [0.4, 0.5) is 0 Å². The molecule has 0 saturated heterocycles. The van der Waals surface area contributed by atoms with Gasteiger partial charge in [-0.3, -0.25) is 14.5 Å². The number of ether oxygens (including phenoxy) is 2. The third-order valence-corrected chi connectivity index (χ3v) is 4.12. The molecular weight excluding hydrogens is 350 g/mol. The van der Waals surface area contributed by atoms with Crippen LogP contribution in [0.2, 0.25) is 0 Å². The molecular formula is C20H17NO6. The molecule has 1 atom stereocenters. The largest absolute Gasteiger partial charge is 0.461 e. The highest BCUT2D eigenvalue weighted by Gasteiger charge is 2.41. The summed E-state index contributed by atoms with van der Waals surface area (Å²) in [5.41, 5.74) is 0.918. The predicted molar refractivity (Wildman–Crippen MR) is 94.1 cm³/mol. The number of esters is 2. The molecule has 0 saturated carbocycles. The number of imide groups is 1. The molecule has 2 amide bonds. The number of nitrogens with zero attached hydrogens (tertiary/aromatic N) is 1. The molecule has 27 heavy (non-hydrogen) atoms. The normalized spacial score (nSPS) is 13.9. The summed E-state index contributed by atoms with van der Waals surface area (Å²) in [7, 11) is 0. The van der Waals surface area contributed by atoms with E-state index in [-0.39, 0.29) is 24.3 Å². The quantitative estimate of drug-likeness (QED) is 0.441. The molecule has 2 aromatic carbocycles. The fraction of sp³-hybridized carbons (Fsp3) is 0.200. The lowest BCUT2D eigenvalue weighted by Crippen LogP contribution is -2.44. The van der Waals surface area contributed by atoms with Gasteiger partial charge in [0.2, 0.25) is 0 Å². The van der Waals surface area contributed by atoms with Gasteiger partial charge >= 0.3 is 11.9 Å². The van der Waals surface area contributed by atoms with Crippen molar-refractivity contribution in [1.82, 2.24) is 4.90 Å². The number of hydrogen-bond acceptors (Lipinski definition) is 6. The number of fused-ring (bicyclic) bond motifs is 1. The summed E-state index contributed by atoms with van der Waals surface area (Å²) >= 11 is 0. The van der Waals surface area contributed by atoms with Crippen molar-refractivity contribution in [3.8, 4) is 0 Å². The van der Waals surface area contributed by atoms with Gasteiger partial charge in [0, 0.05) is 0 Å². The van der Waals surface area contributed by atoms with Crippen LogP contribution in [0.15, 0.2) is 54.6 Å². The molecule has 0 aromatic heterocycles. The van der Waals surface area contributed by atoms with Gasteiger partial charge in [-0.1, -0.05) is 30.3 Å². The summed E-state index contributed by atoms with van der Waals surface area (Å²) in [5.74, 6) is -2.34. The first-order valence-corrected chi connectivity index (χ1v) is 8.36. The molecule has 2 aromatic rings. The second-order valence-corrected chi connectivity index (χ2v) is 5.87. The van der Waals surface area contributed by atoms with Gasteiger partial charge in [-0.15, -0.1) is 0 Å². The van der Waals surface area contributed by atoms with Gasteiger partial charge in [0.25, 0.3) is 11.8 Å². The van der Waals surface area contributed by atoms with Crippen molar-refractivity contribution in [3.63, 3.8) is 0 Å². The number of carbonyl (C=O) groups is 4. The van der Waals surface area contributed by atoms with Gasteiger partial charge in [0.15, 0.2) is 0 Å². The summed E-state index contributed by atoms with van der Waals surface area (Å²) in [6.07, 6.45) is 0. The lowest BCUT2D eigenvalue weighted by atomic mass is 10.1. The molecule has 0 N–H and O–H groups in total. The summed E-state index contributed by atoms with van der Waals surface area (Å²) in [6, 6.07) is 13.7. The molecule has 1 aliphatic heterocycles. The van der Waals surface area contributed by atoms with E-state index in [1.165, 1.54) is 19.1 Å². The van der Waals surface area contributed by atoms with Crippen molar-refractivity contribution >= 4 is 23.8 Å². The van der Waals surface area contributed by atoms with Crippen LogP contribution in [0.3, 0.4) is 0 Å². The molecule has 1 aliphatic rings. The Hall–Kier alpha value is -3.48. The molecule has 0 bridgehead atoms. The highest BCUT2D eigenvalue weighted by molar-refractivity contribution is 6.22. The zero-order valence-corrected chi connectivity index (χ0v) is 14.6. The van der Waals surface area contributed by atoms with E-state index in [2.05, 4.69) is 0 Å². The molecule has 0 fully saturated rings.